The third kappa shape index (κ3) is 2.46. The summed E-state index contributed by atoms with van der Waals surface area (Å²) in [5, 5.41) is 0. The molecular weight excluding hydrogens is 186 g/mol. The van der Waals surface area contributed by atoms with Crippen LogP contribution in [0.1, 0.15) is 29.8 Å². The van der Waals surface area contributed by atoms with Gasteiger partial charge in [-0.1, -0.05) is 30.9 Å². The maximum absolute atomic E-state index is 12.1. The summed E-state index contributed by atoms with van der Waals surface area (Å²) in [4.78, 5) is 13.9. The lowest BCUT2D eigenvalue weighted by Crippen LogP contribution is -2.30. The SMILES string of the molecule is C=Cc1ccccc1C(=O)N(CC)CC. The Morgan fingerprint density at radius 1 is 1.33 bits per heavy atom. The number of carbonyl (C=O) groups is 1. The van der Waals surface area contributed by atoms with Crippen LogP contribution in [0.2, 0.25) is 0 Å². The van der Waals surface area contributed by atoms with Crippen LogP contribution >= 0.6 is 0 Å². The zero-order valence-electron chi connectivity index (χ0n) is 9.36. The zero-order valence-corrected chi connectivity index (χ0v) is 9.36. The molecule has 0 unspecified atom stereocenters. The van der Waals surface area contributed by atoms with Crippen molar-refractivity contribution >= 4 is 12.0 Å². The highest BCUT2D eigenvalue weighted by atomic mass is 16.2. The van der Waals surface area contributed by atoms with Gasteiger partial charge in [-0.15, -0.1) is 0 Å². The Labute approximate surface area is 91.2 Å². The Morgan fingerprint density at radius 3 is 2.47 bits per heavy atom. The van der Waals surface area contributed by atoms with Crippen LogP contribution in [-0.4, -0.2) is 23.9 Å². The van der Waals surface area contributed by atoms with E-state index in [0.717, 1.165) is 24.2 Å². The highest BCUT2D eigenvalue weighted by Crippen LogP contribution is 2.12. The summed E-state index contributed by atoms with van der Waals surface area (Å²) >= 11 is 0. The molecule has 0 aliphatic heterocycles. The van der Waals surface area contributed by atoms with Crippen molar-refractivity contribution in [3.63, 3.8) is 0 Å². The Bertz CT molecular complexity index is 353. The number of hydrogen-bond acceptors (Lipinski definition) is 1. The van der Waals surface area contributed by atoms with Crippen LogP contribution in [0.5, 0.6) is 0 Å². The fourth-order valence-electron chi connectivity index (χ4n) is 1.55. The van der Waals surface area contributed by atoms with Gasteiger partial charge in [0, 0.05) is 18.7 Å². The molecule has 2 heteroatoms. The van der Waals surface area contributed by atoms with E-state index in [1.165, 1.54) is 0 Å². The lowest BCUT2D eigenvalue weighted by molar-refractivity contribution is 0.0773. The van der Waals surface area contributed by atoms with Crippen molar-refractivity contribution in [1.29, 1.82) is 0 Å². The molecule has 0 N–H and O–H groups in total. The van der Waals surface area contributed by atoms with Gasteiger partial charge in [0.15, 0.2) is 0 Å². The predicted octanol–water partition coefficient (Wildman–Crippen LogP) is 2.81. The van der Waals surface area contributed by atoms with Gasteiger partial charge in [-0.25, -0.2) is 0 Å². The van der Waals surface area contributed by atoms with Crippen LogP contribution in [0, 0.1) is 0 Å². The molecule has 0 atom stereocenters. The molecule has 0 aromatic heterocycles. The minimum absolute atomic E-state index is 0.0792. The molecule has 1 aromatic rings. The first-order chi connectivity index (χ1) is 7.24. The van der Waals surface area contributed by atoms with E-state index >= 15 is 0 Å². The second-order valence-corrected chi connectivity index (χ2v) is 3.27. The van der Waals surface area contributed by atoms with Crippen molar-refractivity contribution in [1.82, 2.24) is 4.90 Å². The van der Waals surface area contributed by atoms with Gasteiger partial charge in [-0.3, -0.25) is 4.79 Å². The molecule has 0 radical (unpaired) electrons. The Kier molecular flexibility index (Phi) is 4.10. The van der Waals surface area contributed by atoms with E-state index < -0.39 is 0 Å². The number of hydrogen-bond donors (Lipinski definition) is 0. The molecule has 0 fully saturated rings. The zero-order chi connectivity index (χ0) is 11.3. The molecule has 1 aromatic carbocycles. The Balaban J connectivity index is 3.04. The fraction of sp³-hybridized carbons (Fsp3) is 0.308. The largest absolute Gasteiger partial charge is 0.339 e. The molecule has 1 rings (SSSR count). The monoisotopic (exact) mass is 203 g/mol. The summed E-state index contributed by atoms with van der Waals surface area (Å²) in [6, 6.07) is 7.54. The molecule has 2 nitrogen and oxygen atoms in total. The van der Waals surface area contributed by atoms with Gasteiger partial charge in [0.25, 0.3) is 5.91 Å². The second-order valence-electron chi connectivity index (χ2n) is 3.27. The van der Waals surface area contributed by atoms with Gasteiger partial charge < -0.3 is 4.90 Å². The van der Waals surface area contributed by atoms with Crippen LogP contribution in [-0.2, 0) is 0 Å². The summed E-state index contributed by atoms with van der Waals surface area (Å²) in [6.07, 6.45) is 1.72. The molecule has 0 bridgehead atoms. The fourth-order valence-corrected chi connectivity index (χ4v) is 1.55. The standard InChI is InChI=1S/C13H17NO/c1-4-11-9-7-8-10-12(11)13(15)14(5-2)6-3/h4,7-10H,1,5-6H2,2-3H3. The van der Waals surface area contributed by atoms with Gasteiger partial charge in [-0.2, -0.15) is 0 Å². The summed E-state index contributed by atoms with van der Waals surface area (Å²) in [6.45, 7) is 9.16. The molecule has 15 heavy (non-hydrogen) atoms. The molecule has 0 spiro atoms. The average Bonchev–Trinajstić information content (AvgIpc) is 2.30. The molecule has 0 saturated heterocycles. The first-order valence-corrected chi connectivity index (χ1v) is 5.25. The van der Waals surface area contributed by atoms with Crippen molar-refractivity contribution in [3.05, 3.63) is 42.0 Å². The van der Waals surface area contributed by atoms with E-state index in [0.29, 0.717) is 0 Å². The lowest BCUT2D eigenvalue weighted by atomic mass is 10.1. The number of benzene rings is 1. The molecular formula is C13H17NO. The third-order valence-corrected chi connectivity index (χ3v) is 2.46. The number of carbonyl (C=O) groups excluding carboxylic acids is 1. The maximum Gasteiger partial charge on any atom is 0.254 e. The lowest BCUT2D eigenvalue weighted by Gasteiger charge is -2.19. The van der Waals surface area contributed by atoms with Gasteiger partial charge in [-0.05, 0) is 25.5 Å². The minimum atomic E-state index is 0.0792. The second kappa shape index (κ2) is 5.35. The van der Waals surface area contributed by atoms with Gasteiger partial charge in [0.2, 0.25) is 0 Å². The van der Waals surface area contributed by atoms with E-state index in [1.54, 1.807) is 6.08 Å². The molecule has 1 amide bonds. The van der Waals surface area contributed by atoms with E-state index in [2.05, 4.69) is 6.58 Å². The van der Waals surface area contributed by atoms with Gasteiger partial charge in [0.1, 0.15) is 0 Å². The Morgan fingerprint density at radius 2 is 1.93 bits per heavy atom. The quantitative estimate of drug-likeness (QED) is 0.737. The van der Waals surface area contributed by atoms with Crippen LogP contribution in [0.4, 0.5) is 0 Å². The Hall–Kier alpha value is -1.57. The van der Waals surface area contributed by atoms with Crippen LogP contribution in [0.25, 0.3) is 6.08 Å². The van der Waals surface area contributed by atoms with Crippen molar-refractivity contribution in [2.75, 3.05) is 13.1 Å². The van der Waals surface area contributed by atoms with Gasteiger partial charge >= 0.3 is 0 Å². The van der Waals surface area contributed by atoms with E-state index in [9.17, 15) is 4.79 Å². The van der Waals surface area contributed by atoms with Crippen molar-refractivity contribution in [2.45, 2.75) is 13.8 Å². The number of amides is 1. The molecule has 0 heterocycles. The average molecular weight is 203 g/mol. The normalized spacial score (nSPS) is 9.73. The number of nitrogens with zero attached hydrogens (tertiary/aromatic N) is 1. The first kappa shape index (κ1) is 11.5. The summed E-state index contributed by atoms with van der Waals surface area (Å²) < 4.78 is 0. The highest BCUT2D eigenvalue weighted by molar-refractivity contribution is 5.97. The first-order valence-electron chi connectivity index (χ1n) is 5.25. The summed E-state index contributed by atoms with van der Waals surface area (Å²) in [5.74, 6) is 0.0792. The summed E-state index contributed by atoms with van der Waals surface area (Å²) in [7, 11) is 0. The van der Waals surface area contributed by atoms with Crippen LogP contribution in [0.3, 0.4) is 0 Å². The number of rotatable bonds is 4. The minimum Gasteiger partial charge on any atom is -0.339 e. The van der Waals surface area contributed by atoms with Crippen LogP contribution < -0.4 is 0 Å². The van der Waals surface area contributed by atoms with Crippen molar-refractivity contribution in [3.8, 4) is 0 Å². The van der Waals surface area contributed by atoms with Crippen LogP contribution in [0.15, 0.2) is 30.8 Å². The smallest absolute Gasteiger partial charge is 0.254 e. The van der Waals surface area contributed by atoms with Crippen molar-refractivity contribution in [2.24, 2.45) is 0 Å². The third-order valence-electron chi connectivity index (χ3n) is 2.46. The predicted molar refractivity (Wildman–Crippen MR) is 63.8 cm³/mol. The molecule has 0 aliphatic carbocycles. The molecule has 0 saturated carbocycles. The summed E-state index contributed by atoms with van der Waals surface area (Å²) in [5.41, 5.74) is 1.63. The van der Waals surface area contributed by atoms with E-state index in [1.807, 2.05) is 43.0 Å². The maximum atomic E-state index is 12.1. The van der Waals surface area contributed by atoms with E-state index in [4.69, 9.17) is 0 Å². The van der Waals surface area contributed by atoms with E-state index in [-0.39, 0.29) is 5.91 Å². The topological polar surface area (TPSA) is 20.3 Å². The molecule has 0 aliphatic rings. The van der Waals surface area contributed by atoms with Crippen molar-refractivity contribution < 1.29 is 4.79 Å². The van der Waals surface area contributed by atoms with Gasteiger partial charge in [0.05, 0.1) is 0 Å². The molecule has 80 valence electrons. The highest BCUT2D eigenvalue weighted by Gasteiger charge is 2.14.